The molecule has 3 N–H and O–H groups in total. The number of esters is 1. The van der Waals surface area contributed by atoms with E-state index in [0.29, 0.717) is 24.2 Å². The number of amides is 1. The average Bonchev–Trinajstić information content (AvgIpc) is 2.58. The third-order valence-electron chi connectivity index (χ3n) is 2.97. The lowest BCUT2D eigenvalue weighted by Crippen LogP contribution is -2.36. The predicted molar refractivity (Wildman–Crippen MR) is 74.6 cm³/mol. The first-order valence-electron chi connectivity index (χ1n) is 6.11. The molecule has 6 heteroatoms. The molecule has 2 rings (SSSR count). The Kier molecular flexibility index (Phi) is 4.42. The van der Waals surface area contributed by atoms with Crippen LogP contribution in [0.2, 0.25) is 0 Å². The van der Waals surface area contributed by atoms with E-state index in [1.54, 1.807) is 12.1 Å². The van der Waals surface area contributed by atoms with Crippen LogP contribution in [0.4, 0.5) is 5.69 Å². The van der Waals surface area contributed by atoms with Gasteiger partial charge in [-0.3, -0.25) is 4.79 Å². The monoisotopic (exact) mass is 326 g/mol. The number of nitrogens with one attached hydrogen (secondary N) is 1. The van der Waals surface area contributed by atoms with E-state index < -0.39 is 12.1 Å². The van der Waals surface area contributed by atoms with E-state index in [4.69, 9.17) is 10.5 Å². The van der Waals surface area contributed by atoms with Gasteiger partial charge in [-0.2, -0.15) is 0 Å². The molecule has 102 valence electrons. The van der Waals surface area contributed by atoms with E-state index >= 15 is 0 Å². The molecule has 0 aromatic heterocycles. The van der Waals surface area contributed by atoms with Crippen molar-refractivity contribution < 1.29 is 14.3 Å². The van der Waals surface area contributed by atoms with E-state index in [9.17, 15) is 9.59 Å². The van der Waals surface area contributed by atoms with Crippen LogP contribution in [0, 0.1) is 0 Å². The third kappa shape index (κ3) is 3.47. The number of rotatable bonds is 2. The molecule has 1 fully saturated rings. The predicted octanol–water partition coefficient (Wildman–Crippen LogP) is 1.86. The van der Waals surface area contributed by atoms with Gasteiger partial charge in [0.1, 0.15) is 0 Å². The minimum Gasteiger partial charge on any atom is -0.449 e. The van der Waals surface area contributed by atoms with Crippen LogP contribution in [-0.4, -0.2) is 24.5 Å². The highest BCUT2D eigenvalue weighted by Crippen LogP contribution is 2.21. The Labute approximate surface area is 119 Å². The maximum atomic E-state index is 12.0. The Morgan fingerprint density at radius 1 is 1.42 bits per heavy atom. The van der Waals surface area contributed by atoms with Crippen molar-refractivity contribution in [1.82, 2.24) is 5.32 Å². The third-order valence-corrected chi connectivity index (χ3v) is 3.69. The summed E-state index contributed by atoms with van der Waals surface area (Å²) in [5, 5.41) is 2.72. The lowest BCUT2D eigenvalue weighted by Gasteiger charge is -2.14. The minimum atomic E-state index is -0.708. The lowest BCUT2D eigenvalue weighted by atomic mass is 10.1. The second-order valence-corrected chi connectivity index (χ2v) is 5.27. The average molecular weight is 327 g/mol. The quantitative estimate of drug-likeness (QED) is 0.642. The lowest BCUT2D eigenvalue weighted by molar-refractivity contribution is -0.129. The van der Waals surface area contributed by atoms with Crippen molar-refractivity contribution in [3.8, 4) is 0 Å². The first-order chi connectivity index (χ1) is 9.08. The number of benzene rings is 1. The van der Waals surface area contributed by atoms with Gasteiger partial charge >= 0.3 is 5.97 Å². The topological polar surface area (TPSA) is 81.4 Å². The van der Waals surface area contributed by atoms with Crippen LogP contribution in [0.5, 0.6) is 0 Å². The molecular weight excluding hydrogens is 312 g/mol. The molecule has 1 atom stereocenters. The molecule has 1 aliphatic heterocycles. The summed E-state index contributed by atoms with van der Waals surface area (Å²) < 4.78 is 5.96. The zero-order valence-electron chi connectivity index (χ0n) is 10.3. The van der Waals surface area contributed by atoms with Gasteiger partial charge in [0.25, 0.3) is 5.91 Å². The van der Waals surface area contributed by atoms with E-state index in [-0.39, 0.29) is 5.91 Å². The molecule has 0 saturated carbocycles. The van der Waals surface area contributed by atoms with Crippen molar-refractivity contribution in [3.05, 3.63) is 28.2 Å². The van der Waals surface area contributed by atoms with Gasteiger partial charge in [-0.25, -0.2) is 4.79 Å². The van der Waals surface area contributed by atoms with Crippen molar-refractivity contribution in [2.24, 2.45) is 0 Å². The maximum Gasteiger partial charge on any atom is 0.338 e. The molecule has 1 saturated heterocycles. The fourth-order valence-electron chi connectivity index (χ4n) is 1.89. The standard InChI is InChI=1S/C13H15BrN2O3/c14-9-5-4-8(7-10(9)15)13(18)19-11-3-1-2-6-16-12(11)17/h4-5,7,11H,1-3,6,15H2,(H,16,17). The Hall–Kier alpha value is -1.56. The van der Waals surface area contributed by atoms with Gasteiger partial charge in [0.05, 0.1) is 5.56 Å². The number of nitrogens with two attached hydrogens (primary N) is 1. The van der Waals surface area contributed by atoms with E-state index in [2.05, 4.69) is 21.2 Å². The van der Waals surface area contributed by atoms with E-state index in [1.165, 1.54) is 6.07 Å². The molecule has 1 aliphatic rings. The molecule has 1 aromatic rings. The number of carbonyl (C=O) groups is 2. The van der Waals surface area contributed by atoms with Crippen LogP contribution >= 0.6 is 15.9 Å². The van der Waals surface area contributed by atoms with Crippen molar-refractivity contribution in [3.63, 3.8) is 0 Å². The number of anilines is 1. The van der Waals surface area contributed by atoms with Gasteiger partial charge in [0, 0.05) is 16.7 Å². The summed E-state index contributed by atoms with van der Waals surface area (Å²) in [6.07, 6.45) is 1.62. The SMILES string of the molecule is Nc1cc(C(=O)OC2CCCCNC2=O)ccc1Br. The summed E-state index contributed by atoms with van der Waals surface area (Å²) in [5.74, 6) is -0.753. The van der Waals surface area contributed by atoms with Crippen LogP contribution < -0.4 is 11.1 Å². The molecule has 19 heavy (non-hydrogen) atoms. The number of halogens is 1. The summed E-state index contributed by atoms with van der Waals surface area (Å²) in [4.78, 5) is 23.6. The number of hydrogen-bond acceptors (Lipinski definition) is 4. The molecular formula is C13H15BrN2O3. The Morgan fingerprint density at radius 2 is 2.21 bits per heavy atom. The largest absolute Gasteiger partial charge is 0.449 e. The Bertz CT molecular complexity index is 505. The van der Waals surface area contributed by atoms with Gasteiger partial charge in [-0.05, 0) is 53.4 Å². The molecule has 1 unspecified atom stereocenters. The fourth-order valence-corrected chi connectivity index (χ4v) is 2.14. The molecule has 0 aliphatic carbocycles. The van der Waals surface area contributed by atoms with Gasteiger partial charge in [-0.15, -0.1) is 0 Å². The molecule has 1 aromatic carbocycles. The zero-order valence-corrected chi connectivity index (χ0v) is 11.9. The summed E-state index contributed by atoms with van der Waals surface area (Å²) >= 11 is 3.26. The van der Waals surface area contributed by atoms with Crippen LogP contribution in [0.15, 0.2) is 22.7 Å². The van der Waals surface area contributed by atoms with Crippen LogP contribution in [0.25, 0.3) is 0 Å². The summed E-state index contributed by atoms with van der Waals surface area (Å²) in [7, 11) is 0. The second-order valence-electron chi connectivity index (χ2n) is 4.42. The van der Waals surface area contributed by atoms with E-state index in [0.717, 1.165) is 17.3 Å². The smallest absolute Gasteiger partial charge is 0.338 e. The highest BCUT2D eigenvalue weighted by molar-refractivity contribution is 9.10. The number of ether oxygens (including phenoxy) is 1. The van der Waals surface area contributed by atoms with Crippen LogP contribution in [0.3, 0.4) is 0 Å². The van der Waals surface area contributed by atoms with Crippen LogP contribution in [0.1, 0.15) is 29.6 Å². The van der Waals surface area contributed by atoms with Crippen molar-refractivity contribution in [2.45, 2.75) is 25.4 Å². The highest BCUT2D eigenvalue weighted by atomic mass is 79.9. The second kappa shape index (κ2) is 6.06. The molecule has 0 radical (unpaired) electrons. The van der Waals surface area contributed by atoms with E-state index in [1.807, 2.05) is 0 Å². The highest BCUT2D eigenvalue weighted by Gasteiger charge is 2.25. The first-order valence-corrected chi connectivity index (χ1v) is 6.91. The fraction of sp³-hybridized carbons (Fsp3) is 0.385. The summed E-state index contributed by atoms with van der Waals surface area (Å²) in [6, 6.07) is 4.82. The minimum absolute atomic E-state index is 0.226. The Balaban J connectivity index is 2.07. The Morgan fingerprint density at radius 3 is 2.95 bits per heavy atom. The van der Waals surface area contributed by atoms with Crippen molar-refractivity contribution in [1.29, 1.82) is 0 Å². The van der Waals surface area contributed by atoms with Crippen molar-refractivity contribution in [2.75, 3.05) is 12.3 Å². The molecule has 5 nitrogen and oxygen atoms in total. The number of hydrogen-bond donors (Lipinski definition) is 2. The van der Waals surface area contributed by atoms with Crippen LogP contribution in [-0.2, 0) is 9.53 Å². The summed E-state index contributed by atoms with van der Waals surface area (Å²) in [5.41, 5.74) is 6.51. The molecule has 0 spiro atoms. The van der Waals surface area contributed by atoms with Gasteiger partial charge in [0.15, 0.2) is 6.10 Å². The molecule has 1 heterocycles. The molecule has 0 bridgehead atoms. The molecule has 1 amide bonds. The number of carbonyl (C=O) groups excluding carboxylic acids is 2. The van der Waals surface area contributed by atoms with Gasteiger partial charge < -0.3 is 15.8 Å². The normalized spacial score (nSPS) is 19.4. The summed E-state index contributed by atoms with van der Waals surface area (Å²) in [6.45, 7) is 0.637. The number of nitrogen functional groups attached to an aromatic ring is 1. The van der Waals surface area contributed by atoms with Crippen molar-refractivity contribution >= 4 is 33.5 Å². The van der Waals surface area contributed by atoms with Gasteiger partial charge in [0.2, 0.25) is 0 Å². The zero-order chi connectivity index (χ0) is 13.8. The van der Waals surface area contributed by atoms with Gasteiger partial charge in [-0.1, -0.05) is 0 Å². The first kappa shape index (κ1) is 13.9. The maximum absolute atomic E-state index is 12.0.